The van der Waals surface area contributed by atoms with Crippen LogP contribution in [0.15, 0.2) is 0 Å². The van der Waals surface area contributed by atoms with Crippen molar-refractivity contribution < 1.29 is 14.3 Å². The second-order valence-corrected chi connectivity index (χ2v) is 5.01. The molecule has 0 saturated heterocycles. The minimum absolute atomic E-state index is 0. The zero-order chi connectivity index (χ0) is 15.2. The van der Waals surface area contributed by atoms with Crippen LogP contribution in [-0.4, -0.2) is 44.5 Å². The molecule has 0 aliphatic rings. The second-order valence-electron chi connectivity index (χ2n) is 5.01. The van der Waals surface area contributed by atoms with Gasteiger partial charge in [0.25, 0.3) is 0 Å². The number of rotatable bonds is 13. The molecule has 2 N–H and O–H groups in total. The van der Waals surface area contributed by atoms with Crippen LogP contribution < -0.4 is 10.6 Å². The van der Waals surface area contributed by atoms with Crippen molar-refractivity contribution in [2.75, 3.05) is 26.8 Å². The van der Waals surface area contributed by atoms with E-state index in [0.29, 0.717) is 19.6 Å². The van der Waals surface area contributed by atoms with Gasteiger partial charge in [-0.2, -0.15) is 0 Å². The maximum atomic E-state index is 11.5. The van der Waals surface area contributed by atoms with Gasteiger partial charge < -0.3 is 15.4 Å². The molecular weight excluding hydrogens is 280 g/mol. The van der Waals surface area contributed by atoms with Crippen LogP contribution in [0.4, 0.5) is 0 Å². The number of unbranched alkanes of at least 4 members (excludes halogenated alkanes) is 2. The van der Waals surface area contributed by atoms with Crippen molar-refractivity contribution in [1.82, 2.24) is 10.6 Å². The molecule has 5 nitrogen and oxygen atoms in total. The third kappa shape index (κ3) is 15.4. The van der Waals surface area contributed by atoms with Crippen LogP contribution in [0.5, 0.6) is 0 Å². The first-order valence-corrected chi connectivity index (χ1v) is 7.64. The Bertz CT molecular complexity index is 271. The number of likely N-dealkylation sites (N-methyl/N-ethyl adjacent to an activating group) is 1. The Hall–Kier alpha value is -0.940. The van der Waals surface area contributed by atoms with Gasteiger partial charge in [0.05, 0.1) is 12.6 Å². The summed E-state index contributed by atoms with van der Waals surface area (Å²) >= 11 is 0. The van der Waals surface area contributed by atoms with Crippen LogP contribution in [-0.2, 0) is 14.3 Å². The van der Waals surface area contributed by atoms with Gasteiger partial charge in [-0.1, -0.05) is 28.2 Å². The van der Waals surface area contributed by atoms with E-state index in [4.69, 9.17) is 4.74 Å². The van der Waals surface area contributed by atoms with E-state index in [1.165, 1.54) is 0 Å². The van der Waals surface area contributed by atoms with Crippen LogP contribution in [0.25, 0.3) is 0 Å². The number of hydrogen-bond acceptors (Lipinski definition) is 4. The van der Waals surface area contributed by atoms with E-state index in [-0.39, 0.29) is 32.6 Å². The highest BCUT2D eigenvalue weighted by Crippen LogP contribution is 2.01. The number of carbonyl (C=O) groups excluding carboxylic acids is 2. The first-order chi connectivity index (χ1) is 9.61. The molecule has 0 bridgehead atoms. The Balaban J connectivity index is -0.00000180. The van der Waals surface area contributed by atoms with E-state index >= 15 is 0 Å². The van der Waals surface area contributed by atoms with Crippen molar-refractivity contribution >= 4 is 11.7 Å². The van der Waals surface area contributed by atoms with E-state index in [1.807, 2.05) is 0 Å². The lowest BCUT2D eigenvalue weighted by molar-refractivity contribution is -0.122. The molecule has 0 radical (unpaired) electrons. The van der Waals surface area contributed by atoms with Gasteiger partial charge in [-0.15, -0.1) is 0 Å². The molecule has 5 heteroatoms. The molecule has 1 atom stereocenters. The summed E-state index contributed by atoms with van der Waals surface area (Å²) in [5.41, 5.74) is 0. The molecule has 0 aliphatic heterocycles. The molecule has 0 rings (SSSR count). The second kappa shape index (κ2) is 18.1. The van der Waals surface area contributed by atoms with Gasteiger partial charge >= 0.3 is 0 Å². The molecule has 0 spiro atoms. The fourth-order valence-corrected chi connectivity index (χ4v) is 1.85. The van der Waals surface area contributed by atoms with Crippen LogP contribution in [0.2, 0.25) is 0 Å². The third-order valence-corrected chi connectivity index (χ3v) is 3.20. The monoisotopic (exact) mass is 318 g/mol. The maximum Gasteiger partial charge on any atom is 0.222 e. The predicted molar refractivity (Wildman–Crippen MR) is 94.2 cm³/mol. The normalized spacial score (nSPS) is 11.0. The SMILES string of the molecule is C.C.CCCCOCCC(=O)NCCCCC(NC)C(C)=O. The number of ketones is 1. The van der Waals surface area contributed by atoms with Crippen molar-refractivity contribution in [3.8, 4) is 0 Å². The van der Waals surface area contributed by atoms with E-state index in [0.717, 1.165) is 38.7 Å². The molecule has 0 aromatic heterocycles. The summed E-state index contributed by atoms with van der Waals surface area (Å²) in [6, 6.07) is -0.0577. The van der Waals surface area contributed by atoms with Crippen molar-refractivity contribution in [1.29, 1.82) is 0 Å². The van der Waals surface area contributed by atoms with Gasteiger partial charge in [0.1, 0.15) is 5.78 Å². The molecule has 22 heavy (non-hydrogen) atoms. The summed E-state index contributed by atoms with van der Waals surface area (Å²) in [6.45, 7) is 5.61. The Morgan fingerprint density at radius 2 is 1.77 bits per heavy atom. The van der Waals surface area contributed by atoms with E-state index in [2.05, 4.69) is 17.6 Å². The van der Waals surface area contributed by atoms with Crippen LogP contribution >= 0.6 is 0 Å². The highest BCUT2D eigenvalue weighted by Gasteiger charge is 2.10. The summed E-state index contributed by atoms with van der Waals surface area (Å²) in [5.74, 6) is 0.207. The molecule has 0 aromatic carbocycles. The quantitative estimate of drug-likeness (QED) is 0.512. The molecule has 0 aromatic rings. The van der Waals surface area contributed by atoms with Crippen molar-refractivity contribution in [2.24, 2.45) is 0 Å². The van der Waals surface area contributed by atoms with Gasteiger partial charge in [-0.25, -0.2) is 0 Å². The Kier molecular flexibility index (Phi) is 21.4. The third-order valence-electron chi connectivity index (χ3n) is 3.20. The zero-order valence-corrected chi connectivity index (χ0v) is 13.2. The number of ether oxygens (including phenoxy) is 1. The van der Waals surface area contributed by atoms with Crippen LogP contribution in [0.1, 0.15) is 67.2 Å². The minimum Gasteiger partial charge on any atom is -0.381 e. The molecule has 1 amide bonds. The lowest BCUT2D eigenvalue weighted by atomic mass is 10.1. The van der Waals surface area contributed by atoms with Gasteiger partial charge in [-0.05, 0) is 39.7 Å². The summed E-state index contributed by atoms with van der Waals surface area (Å²) in [6.07, 6.45) is 5.23. The van der Waals surface area contributed by atoms with E-state index in [9.17, 15) is 9.59 Å². The number of carbonyl (C=O) groups is 2. The van der Waals surface area contributed by atoms with Gasteiger partial charge in [0, 0.05) is 19.6 Å². The average Bonchev–Trinajstić information content (AvgIpc) is 2.42. The average molecular weight is 319 g/mol. The molecular formula is C17H38N2O3. The fraction of sp³-hybridized carbons (Fsp3) is 0.882. The zero-order valence-electron chi connectivity index (χ0n) is 13.2. The summed E-state index contributed by atoms with van der Waals surface area (Å²) in [7, 11) is 1.80. The first-order valence-electron chi connectivity index (χ1n) is 7.64. The minimum atomic E-state index is -0.0577. The highest BCUT2D eigenvalue weighted by molar-refractivity contribution is 5.81. The Labute approximate surface area is 137 Å². The topological polar surface area (TPSA) is 67.4 Å². The predicted octanol–water partition coefficient (Wildman–Crippen LogP) is 2.93. The molecule has 0 heterocycles. The number of nitrogens with one attached hydrogen (secondary N) is 2. The van der Waals surface area contributed by atoms with Crippen LogP contribution in [0.3, 0.4) is 0 Å². The number of hydrogen-bond donors (Lipinski definition) is 2. The lowest BCUT2D eigenvalue weighted by Gasteiger charge is -2.12. The number of Topliss-reactive ketones (excluding diaryl/α,β-unsaturated/α-hetero) is 1. The van der Waals surface area contributed by atoms with Crippen molar-refractivity contribution in [2.45, 2.75) is 73.3 Å². The summed E-state index contributed by atoms with van der Waals surface area (Å²) in [5, 5.41) is 5.86. The fourth-order valence-electron chi connectivity index (χ4n) is 1.85. The highest BCUT2D eigenvalue weighted by atomic mass is 16.5. The van der Waals surface area contributed by atoms with Gasteiger partial charge in [-0.3, -0.25) is 9.59 Å². The van der Waals surface area contributed by atoms with E-state index < -0.39 is 0 Å². The standard InChI is InChI=1S/C15H30N2O3.2CH4/c1-4-5-11-20-12-9-15(19)17-10-7-6-8-14(16-3)13(2)18;;/h14,16H,4-12H2,1-3H3,(H,17,19);2*1H4. The first kappa shape index (κ1) is 26.0. The molecule has 0 saturated carbocycles. The van der Waals surface area contributed by atoms with Gasteiger partial charge in [0.15, 0.2) is 0 Å². The molecule has 0 aliphatic carbocycles. The summed E-state index contributed by atoms with van der Waals surface area (Å²) in [4.78, 5) is 22.7. The van der Waals surface area contributed by atoms with Crippen molar-refractivity contribution in [3.05, 3.63) is 0 Å². The lowest BCUT2D eigenvalue weighted by Crippen LogP contribution is -2.32. The maximum absolute atomic E-state index is 11.5. The number of amides is 1. The van der Waals surface area contributed by atoms with E-state index in [1.54, 1.807) is 14.0 Å². The smallest absolute Gasteiger partial charge is 0.222 e. The largest absolute Gasteiger partial charge is 0.381 e. The molecule has 0 fully saturated rings. The Morgan fingerprint density at radius 3 is 2.32 bits per heavy atom. The Morgan fingerprint density at radius 1 is 1.09 bits per heavy atom. The van der Waals surface area contributed by atoms with Gasteiger partial charge in [0.2, 0.25) is 5.91 Å². The summed E-state index contributed by atoms with van der Waals surface area (Å²) < 4.78 is 5.34. The molecule has 134 valence electrons. The van der Waals surface area contributed by atoms with Crippen LogP contribution in [0, 0.1) is 0 Å². The molecule has 1 unspecified atom stereocenters. The van der Waals surface area contributed by atoms with Crippen molar-refractivity contribution in [3.63, 3.8) is 0 Å².